The van der Waals surface area contributed by atoms with Gasteiger partial charge in [-0.15, -0.1) is 0 Å². The quantitative estimate of drug-likeness (QED) is 0.672. The molecule has 0 spiro atoms. The molecule has 1 aliphatic heterocycles. The van der Waals surface area contributed by atoms with Crippen molar-refractivity contribution in [3.05, 3.63) is 0 Å². The maximum atomic E-state index is 9.70. The van der Waals surface area contributed by atoms with Crippen LogP contribution in [0, 0.1) is 5.92 Å². The first-order valence-corrected chi connectivity index (χ1v) is 5.29. The predicted octanol–water partition coefficient (Wildman–Crippen LogP) is 0.462. The smallest absolute Gasteiger partial charge is 0.0592 e. The number of aliphatic hydroxyl groups is 2. The summed E-state index contributed by atoms with van der Waals surface area (Å²) >= 11 is 0. The molecule has 2 N–H and O–H groups in total. The minimum absolute atomic E-state index is 0.116. The maximum Gasteiger partial charge on any atom is 0.0592 e. The molecule has 0 radical (unpaired) electrons. The fourth-order valence-electron chi connectivity index (χ4n) is 2.09. The second kappa shape index (κ2) is 5.58. The number of rotatable bonds is 4. The van der Waals surface area contributed by atoms with Crippen molar-refractivity contribution in [1.29, 1.82) is 0 Å². The maximum absolute atomic E-state index is 9.70. The Kier molecular flexibility index (Phi) is 4.70. The van der Waals surface area contributed by atoms with Gasteiger partial charge in [0.2, 0.25) is 0 Å². The van der Waals surface area contributed by atoms with Crippen LogP contribution >= 0.6 is 0 Å². The highest BCUT2D eigenvalue weighted by molar-refractivity contribution is 4.79. The normalized spacial score (nSPS) is 30.7. The molecule has 0 amide bonds. The van der Waals surface area contributed by atoms with E-state index in [-0.39, 0.29) is 12.7 Å². The number of aliphatic hydroxyl groups excluding tert-OH is 2. The van der Waals surface area contributed by atoms with Gasteiger partial charge < -0.3 is 15.1 Å². The highest BCUT2D eigenvalue weighted by atomic mass is 16.3. The zero-order valence-electron chi connectivity index (χ0n) is 8.45. The van der Waals surface area contributed by atoms with Crippen LogP contribution in [0.4, 0.5) is 0 Å². The van der Waals surface area contributed by atoms with Gasteiger partial charge in [0.1, 0.15) is 0 Å². The fraction of sp³-hybridized carbons (Fsp3) is 1.00. The number of β-amino-alcohol motifs (C(OH)–C–C–N with tert-alkyl or cyclic N) is 1. The number of piperidine rings is 1. The molecular weight excluding hydrogens is 166 g/mol. The molecule has 13 heavy (non-hydrogen) atoms. The third-order valence-electron chi connectivity index (χ3n) is 2.85. The first-order valence-electron chi connectivity index (χ1n) is 5.29. The lowest BCUT2D eigenvalue weighted by atomic mass is 9.91. The first kappa shape index (κ1) is 11.0. The monoisotopic (exact) mass is 187 g/mol. The van der Waals surface area contributed by atoms with E-state index in [9.17, 15) is 5.11 Å². The third kappa shape index (κ3) is 3.25. The van der Waals surface area contributed by atoms with E-state index in [2.05, 4.69) is 11.8 Å². The first-order chi connectivity index (χ1) is 6.27. The molecule has 1 fully saturated rings. The summed E-state index contributed by atoms with van der Waals surface area (Å²) in [6.07, 6.45) is 2.98. The van der Waals surface area contributed by atoms with Gasteiger partial charge in [0, 0.05) is 19.6 Å². The van der Waals surface area contributed by atoms with Crippen LogP contribution < -0.4 is 0 Å². The summed E-state index contributed by atoms with van der Waals surface area (Å²) < 4.78 is 0. The van der Waals surface area contributed by atoms with E-state index < -0.39 is 0 Å². The molecule has 1 saturated heterocycles. The van der Waals surface area contributed by atoms with Crippen molar-refractivity contribution in [3.8, 4) is 0 Å². The highest BCUT2D eigenvalue weighted by Gasteiger charge is 2.26. The van der Waals surface area contributed by atoms with E-state index in [1.807, 2.05) is 0 Å². The molecule has 3 nitrogen and oxygen atoms in total. The Morgan fingerprint density at radius 2 is 2.23 bits per heavy atom. The van der Waals surface area contributed by atoms with Crippen LogP contribution in [0.2, 0.25) is 0 Å². The second-order valence-electron chi connectivity index (χ2n) is 3.93. The van der Waals surface area contributed by atoms with Crippen molar-refractivity contribution in [2.24, 2.45) is 5.92 Å². The van der Waals surface area contributed by atoms with Crippen LogP contribution in [0.15, 0.2) is 0 Å². The van der Waals surface area contributed by atoms with Crippen LogP contribution in [-0.2, 0) is 0 Å². The molecule has 3 heteroatoms. The average Bonchev–Trinajstić information content (AvgIpc) is 2.12. The van der Waals surface area contributed by atoms with E-state index in [1.165, 1.54) is 0 Å². The Morgan fingerprint density at radius 3 is 2.85 bits per heavy atom. The predicted molar refractivity (Wildman–Crippen MR) is 52.5 cm³/mol. The molecule has 0 aliphatic carbocycles. The number of nitrogens with zero attached hydrogens (tertiary/aromatic N) is 1. The number of hydrogen-bond donors (Lipinski definition) is 2. The molecule has 0 aromatic carbocycles. The van der Waals surface area contributed by atoms with Gasteiger partial charge in [-0.3, -0.25) is 0 Å². The summed E-state index contributed by atoms with van der Waals surface area (Å²) in [7, 11) is 0. The topological polar surface area (TPSA) is 43.7 Å². The minimum Gasteiger partial charge on any atom is -0.395 e. The largest absolute Gasteiger partial charge is 0.395 e. The zero-order valence-corrected chi connectivity index (χ0v) is 8.45. The van der Waals surface area contributed by atoms with Gasteiger partial charge in [0.25, 0.3) is 0 Å². The van der Waals surface area contributed by atoms with Crippen molar-refractivity contribution in [2.45, 2.75) is 32.3 Å². The standard InChI is InChI=1S/C10H21NO2/c1-2-3-9-8-11(6-7-12)5-4-10(9)13/h9-10,12-13H,2-8H2,1H3. The van der Waals surface area contributed by atoms with Gasteiger partial charge in [0.15, 0.2) is 0 Å². The molecule has 1 heterocycles. The molecule has 0 aromatic heterocycles. The molecule has 78 valence electrons. The SMILES string of the molecule is CCCC1CN(CCO)CCC1O. The summed E-state index contributed by atoms with van der Waals surface area (Å²) in [5.74, 6) is 0.422. The molecule has 2 atom stereocenters. The number of likely N-dealkylation sites (tertiary alicyclic amines) is 1. The summed E-state index contributed by atoms with van der Waals surface area (Å²) in [6, 6.07) is 0. The van der Waals surface area contributed by atoms with E-state index in [0.29, 0.717) is 5.92 Å². The highest BCUT2D eigenvalue weighted by Crippen LogP contribution is 2.21. The Bertz CT molecular complexity index is 141. The molecular formula is C10H21NO2. The van der Waals surface area contributed by atoms with Crippen molar-refractivity contribution in [1.82, 2.24) is 4.90 Å². The van der Waals surface area contributed by atoms with Crippen LogP contribution in [0.25, 0.3) is 0 Å². The number of hydrogen-bond acceptors (Lipinski definition) is 3. The van der Waals surface area contributed by atoms with Crippen molar-refractivity contribution >= 4 is 0 Å². The Labute approximate surface area is 80.4 Å². The van der Waals surface area contributed by atoms with Crippen molar-refractivity contribution in [2.75, 3.05) is 26.2 Å². The molecule has 2 unspecified atom stereocenters. The summed E-state index contributed by atoms with van der Waals surface area (Å²) in [5, 5.41) is 18.5. The Hall–Kier alpha value is -0.120. The Balaban J connectivity index is 2.33. The van der Waals surface area contributed by atoms with Crippen molar-refractivity contribution < 1.29 is 10.2 Å². The summed E-state index contributed by atoms with van der Waals surface area (Å²) in [5.41, 5.74) is 0. The van der Waals surface area contributed by atoms with Gasteiger partial charge >= 0.3 is 0 Å². The van der Waals surface area contributed by atoms with Gasteiger partial charge in [0.05, 0.1) is 12.7 Å². The summed E-state index contributed by atoms with van der Waals surface area (Å²) in [4.78, 5) is 2.24. The van der Waals surface area contributed by atoms with Crippen LogP contribution in [-0.4, -0.2) is 47.5 Å². The van der Waals surface area contributed by atoms with E-state index in [4.69, 9.17) is 5.11 Å². The lowest BCUT2D eigenvalue weighted by molar-refractivity contribution is 0.0173. The van der Waals surface area contributed by atoms with Crippen LogP contribution in [0.1, 0.15) is 26.2 Å². The van der Waals surface area contributed by atoms with Gasteiger partial charge in [-0.05, 0) is 18.8 Å². The third-order valence-corrected chi connectivity index (χ3v) is 2.85. The average molecular weight is 187 g/mol. The lowest BCUT2D eigenvalue weighted by Gasteiger charge is -2.35. The lowest BCUT2D eigenvalue weighted by Crippen LogP contribution is -2.44. The van der Waals surface area contributed by atoms with Crippen molar-refractivity contribution in [3.63, 3.8) is 0 Å². The van der Waals surface area contributed by atoms with Gasteiger partial charge in [-0.25, -0.2) is 0 Å². The molecule has 1 aliphatic rings. The molecule has 0 bridgehead atoms. The van der Waals surface area contributed by atoms with Crippen LogP contribution in [0.3, 0.4) is 0 Å². The molecule has 0 saturated carbocycles. The fourth-order valence-corrected chi connectivity index (χ4v) is 2.09. The zero-order chi connectivity index (χ0) is 9.68. The Morgan fingerprint density at radius 1 is 1.46 bits per heavy atom. The van der Waals surface area contributed by atoms with Gasteiger partial charge in [-0.2, -0.15) is 0 Å². The van der Waals surface area contributed by atoms with E-state index >= 15 is 0 Å². The van der Waals surface area contributed by atoms with Crippen LogP contribution in [0.5, 0.6) is 0 Å². The summed E-state index contributed by atoms with van der Waals surface area (Å²) in [6.45, 7) is 5.02. The van der Waals surface area contributed by atoms with Gasteiger partial charge in [-0.1, -0.05) is 13.3 Å². The molecule has 1 rings (SSSR count). The second-order valence-corrected chi connectivity index (χ2v) is 3.93. The van der Waals surface area contributed by atoms with E-state index in [0.717, 1.165) is 38.9 Å². The minimum atomic E-state index is -0.116. The molecule has 0 aromatic rings. The van der Waals surface area contributed by atoms with E-state index in [1.54, 1.807) is 0 Å².